The number of aromatic carboxylic acids is 2. The SMILES string of the molecule is CC12CC3CC(C)(C1)CC(c1ccc(Oc4ccc(C#Cc5cccc(C(=O)O)c5C(=O)O)cc4)cc1)(C3)C2. The molecule has 2 N–H and O–H groups in total. The van der Waals surface area contributed by atoms with Crippen LogP contribution in [0.1, 0.15) is 89.8 Å². The first kappa shape index (κ1) is 25.2. The first-order valence-corrected chi connectivity index (χ1v) is 13.6. The van der Waals surface area contributed by atoms with E-state index in [2.05, 4.69) is 50.0 Å². The van der Waals surface area contributed by atoms with Gasteiger partial charge in [-0.2, -0.15) is 0 Å². The summed E-state index contributed by atoms with van der Waals surface area (Å²) in [4.78, 5) is 23.0. The summed E-state index contributed by atoms with van der Waals surface area (Å²) in [6.07, 6.45) is 8.06. The van der Waals surface area contributed by atoms with Crippen molar-refractivity contribution in [3.63, 3.8) is 0 Å². The molecule has 4 fully saturated rings. The molecule has 4 aliphatic carbocycles. The predicted octanol–water partition coefficient (Wildman–Crippen LogP) is 7.52. The first-order valence-electron chi connectivity index (χ1n) is 13.6. The Bertz CT molecular complexity index is 1500. The van der Waals surface area contributed by atoms with E-state index in [1.807, 2.05) is 12.1 Å². The quantitative estimate of drug-likeness (QED) is 0.340. The maximum atomic E-state index is 11.6. The third-order valence-electron chi connectivity index (χ3n) is 9.03. The number of hydrogen-bond donors (Lipinski definition) is 2. The molecule has 0 saturated heterocycles. The van der Waals surface area contributed by atoms with Crippen LogP contribution in [-0.4, -0.2) is 22.2 Å². The molecule has 5 heteroatoms. The van der Waals surface area contributed by atoms with Gasteiger partial charge in [0.2, 0.25) is 0 Å². The molecule has 0 spiro atoms. The van der Waals surface area contributed by atoms with Gasteiger partial charge in [0.05, 0.1) is 11.1 Å². The fourth-order valence-corrected chi connectivity index (χ4v) is 8.59. The molecule has 4 bridgehead atoms. The summed E-state index contributed by atoms with van der Waals surface area (Å²) in [5, 5.41) is 18.8. The predicted molar refractivity (Wildman–Crippen MR) is 148 cm³/mol. The number of benzene rings is 3. The molecule has 0 heterocycles. The molecule has 4 saturated carbocycles. The standard InChI is InChI=1S/C34H32O5/c1-32-16-23-17-33(2,19-32)21-34(18-23,20-32)25-10-14-27(15-11-25)39-26-12-7-22(8-13-26)6-9-24-4-3-5-28(30(35)36)29(24)31(37)38/h3-5,7-8,10-15,23H,16-21H2,1-2H3,(H,35,36)(H,37,38). The second-order valence-electron chi connectivity index (χ2n) is 12.6. The van der Waals surface area contributed by atoms with Crippen LogP contribution in [0.2, 0.25) is 0 Å². The van der Waals surface area contributed by atoms with Crippen molar-refractivity contribution in [2.75, 3.05) is 0 Å². The molecule has 2 atom stereocenters. The van der Waals surface area contributed by atoms with Crippen LogP contribution >= 0.6 is 0 Å². The molecule has 2 unspecified atom stereocenters. The van der Waals surface area contributed by atoms with Crippen LogP contribution in [0.15, 0.2) is 66.7 Å². The van der Waals surface area contributed by atoms with E-state index >= 15 is 0 Å². The van der Waals surface area contributed by atoms with Crippen LogP contribution in [0, 0.1) is 28.6 Å². The Balaban J connectivity index is 1.17. The minimum absolute atomic E-state index is 0.157. The van der Waals surface area contributed by atoms with Crippen LogP contribution in [-0.2, 0) is 5.41 Å². The number of rotatable bonds is 5. The van der Waals surface area contributed by atoms with Crippen molar-refractivity contribution in [3.8, 4) is 23.3 Å². The highest BCUT2D eigenvalue weighted by atomic mass is 16.5. The van der Waals surface area contributed by atoms with Gasteiger partial charge < -0.3 is 14.9 Å². The van der Waals surface area contributed by atoms with Crippen LogP contribution < -0.4 is 4.74 Å². The fourth-order valence-electron chi connectivity index (χ4n) is 8.59. The molecular weight excluding hydrogens is 488 g/mol. The molecule has 3 aromatic rings. The molecule has 0 aromatic heterocycles. The van der Waals surface area contributed by atoms with Gasteiger partial charge in [0.25, 0.3) is 0 Å². The van der Waals surface area contributed by atoms with Gasteiger partial charge in [-0.25, -0.2) is 9.59 Å². The molecule has 0 aliphatic heterocycles. The molecule has 0 radical (unpaired) electrons. The van der Waals surface area contributed by atoms with Crippen molar-refractivity contribution < 1.29 is 24.5 Å². The molecule has 3 aromatic carbocycles. The second kappa shape index (κ2) is 9.02. The maximum Gasteiger partial charge on any atom is 0.337 e. The molecule has 39 heavy (non-hydrogen) atoms. The smallest absolute Gasteiger partial charge is 0.337 e. The molecule has 4 aliphatic rings. The Morgan fingerprint density at radius 2 is 1.38 bits per heavy atom. The maximum absolute atomic E-state index is 11.6. The summed E-state index contributed by atoms with van der Waals surface area (Å²) in [6, 6.07) is 20.2. The molecular formula is C34H32O5. The summed E-state index contributed by atoms with van der Waals surface area (Å²) in [5.74, 6) is 5.44. The van der Waals surface area contributed by atoms with Crippen molar-refractivity contribution >= 4 is 11.9 Å². The van der Waals surface area contributed by atoms with E-state index in [9.17, 15) is 19.8 Å². The Hall–Kier alpha value is -4.04. The van der Waals surface area contributed by atoms with Crippen molar-refractivity contribution in [3.05, 3.63) is 94.5 Å². The van der Waals surface area contributed by atoms with Gasteiger partial charge in [-0.1, -0.05) is 43.9 Å². The van der Waals surface area contributed by atoms with Gasteiger partial charge in [0, 0.05) is 11.1 Å². The van der Waals surface area contributed by atoms with E-state index in [1.165, 1.54) is 62.3 Å². The average Bonchev–Trinajstić information content (AvgIpc) is 2.86. The summed E-state index contributed by atoms with van der Waals surface area (Å²) in [7, 11) is 0. The van der Waals surface area contributed by atoms with E-state index in [0.29, 0.717) is 27.6 Å². The minimum Gasteiger partial charge on any atom is -0.478 e. The molecule has 5 nitrogen and oxygen atoms in total. The van der Waals surface area contributed by atoms with E-state index < -0.39 is 11.9 Å². The highest BCUT2D eigenvalue weighted by molar-refractivity contribution is 6.03. The number of ether oxygens (including phenoxy) is 1. The van der Waals surface area contributed by atoms with Crippen molar-refractivity contribution in [2.45, 2.75) is 57.8 Å². The highest BCUT2D eigenvalue weighted by Gasteiger charge is 2.60. The van der Waals surface area contributed by atoms with E-state index in [-0.39, 0.29) is 16.7 Å². The lowest BCUT2D eigenvalue weighted by atomic mass is 9.39. The largest absolute Gasteiger partial charge is 0.478 e. The normalized spacial score (nSPS) is 28.4. The molecule has 7 rings (SSSR count). The number of carbonyl (C=O) groups is 2. The van der Waals surface area contributed by atoms with Crippen molar-refractivity contribution in [1.29, 1.82) is 0 Å². The zero-order chi connectivity index (χ0) is 27.4. The number of carboxylic acid groups (broad SMARTS) is 2. The van der Waals surface area contributed by atoms with Crippen molar-refractivity contribution in [1.82, 2.24) is 0 Å². The third-order valence-corrected chi connectivity index (χ3v) is 9.03. The highest BCUT2D eigenvalue weighted by Crippen LogP contribution is 2.69. The summed E-state index contributed by atoms with van der Waals surface area (Å²) < 4.78 is 6.11. The summed E-state index contributed by atoms with van der Waals surface area (Å²) in [5.41, 5.74) is 2.93. The Labute approximate surface area is 228 Å². The van der Waals surface area contributed by atoms with Gasteiger partial charge in [0.1, 0.15) is 11.5 Å². The monoisotopic (exact) mass is 520 g/mol. The topological polar surface area (TPSA) is 83.8 Å². The van der Waals surface area contributed by atoms with E-state index in [1.54, 1.807) is 12.1 Å². The lowest BCUT2D eigenvalue weighted by Gasteiger charge is -2.65. The van der Waals surface area contributed by atoms with Crippen molar-refractivity contribution in [2.24, 2.45) is 16.7 Å². The average molecular weight is 521 g/mol. The zero-order valence-corrected chi connectivity index (χ0v) is 22.3. The Morgan fingerprint density at radius 1 is 0.769 bits per heavy atom. The van der Waals surface area contributed by atoms with Crippen LogP contribution in [0.3, 0.4) is 0 Å². The third kappa shape index (κ3) is 4.69. The van der Waals surface area contributed by atoms with Crippen LogP contribution in [0.25, 0.3) is 0 Å². The first-order chi connectivity index (χ1) is 18.6. The molecule has 0 amide bonds. The second-order valence-corrected chi connectivity index (χ2v) is 12.6. The lowest BCUT2D eigenvalue weighted by Crippen LogP contribution is -2.56. The van der Waals surface area contributed by atoms with Gasteiger partial charge in [-0.15, -0.1) is 0 Å². The van der Waals surface area contributed by atoms with Gasteiger partial charge in [-0.3, -0.25) is 0 Å². The van der Waals surface area contributed by atoms with E-state index in [4.69, 9.17) is 4.74 Å². The van der Waals surface area contributed by atoms with Crippen LogP contribution in [0.4, 0.5) is 0 Å². The number of hydrogen-bond acceptors (Lipinski definition) is 3. The lowest BCUT2D eigenvalue weighted by molar-refractivity contribution is -0.110. The van der Waals surface area contributed by atoms with Gasteiger partial charge >= 0.3 is 11.9 Å². The fraction of sp³-hybridized carbons (Fsp3) is 0.353. The summed E-state index contributed by atoms with van der Waals surface area (Å²) in [6.45, 7) is 5.02. The van der Waals surface area contributed by atoms with Gasteiger partial charge in [-0.05, 0) is 115 Å². The molecule has 198 valence electrons. The zero-order valence-electron chi connectivity index (χ0n) is 22.3. The number of carboxylic acids is 2. The Morgan fingerprint density at radius 3 is 1.95 bits per heavy atom. The van der Waals surface area contributed by atoms with Crippen LogP contribution in [0.5, 0.6) is 11.5 Å². The van der Waals surface area contributed by atoms with E-state index in [0.717, 1.165) is 11.7 Å². The summed E-state index contributed by atoms with van der Waals surface area (Å²) >= 11 is 0. The van der Waals surface area contributed by atoms with Gasteiger partial charge in [0.15, 0.2) is 0 Å². The Kier molecular flexibility index (Phi) is 5.84. The minimum atomic E-state index is -1.32.